The van der Waals surface area contributed by atoms with Crippen LogP contribution in [-0.4, -0.2) is 35.6 Å². The van der Waals surface area contributed by atoms with Gasteiger partial charge in [-0.1, -0.05) is 6.92 Å². The van der Waals surface area contributed by atoms with Crippen molar-refractivity contribution in [1.82, 2.24) is 10.6 Å². The molecule has 1 aliphatic carbocycles. The molecule has 3 N–H and O–H groups in total. The summed E-state index contributed by atoms with van der Waals surface area (Å²) >= 11 is 0. The van der Waals surface area contributed by atoms with E-state index in [9.17, 15) is 14.7 Å². The Bertz CT molecular complexity index is 429. The van der Waals surface area contributed by atoms with E-state index in [2.05, 4.69) is 17.6 Å². The first-order valence-electron chi connectivity index (χ1n) is 8.27. The Labute approximate surface area is 125 Å². The highest BCUT2D eigenvalue weighted by Gasteiger charge is 2.45. The topological polar surface area (TPSA) is 78.4 Å². The van der Waals surface area contributed by atoms with Gasteiger partial charge in [0.15, 0.2) is 0 Å². The molecule has 3 rings (SSSR count). The molecule has 0 aromatic carbocycles. The maximum absolute atomic E-state index is 12.4. The Morgan fingerprint density at radius 3 is 2.48 bits per heavy atom. The van der Waals surface area contributed by atoms with Crippen molar-refractivity contribution in [2.45, 2.75) is 64.0 Å². The van der Waals surface area contributed by atoms with E-state index in [0.29, 0.717) is 37.4 Å². The van der Waals surface area contributed by atoms with Crippen LogP contribution in [-0.2, 0) is 9.59 Å². The summed E-state index contributed by atoms with van der Waals surface area (Å²) in [5.41, 5.74) is -0.743. The molecule has 2 saturated heterocycles. The van der Waals surface area contributed by atoms with E-state index in [4.69, 9.17) is 0 Å². The zero-order valence-corrected chi connectivity index (χ0v) is 12.7. The third-order valence-corrected chi connectivity index (χ3v) is 5.92. The van der Waals surface area contributed by atoms with Crippen LogP contribution >= 0.6 is 0 Å². The summed E-state index contributed by atoms with van der Waals surface area (Å²) in [6.45, 7) is 2.47. The van der Waals surface area contributed by atoms with E-state index in [1.807, 2.05) is 0 Å². The number of hydrogen-bond acceptors (Lipinski definition) is 3. The van der Waals surface area contributed by atoms with Gasteiger partial charge in [0.2, 0.25) is 5.91 Å². The van der Waals surface area contributed by atoms with E-state index in [1.54, 1.807) is 0 Å². The van der Waals surface area contributed by atoms with E-state index in [1.165, 1.54) is 6.42 Å². The Morgan fingerprint density at radius 2 is 1.95 bits per heavy atom. The van der Waals surface area contributed by atoms with E-state index < -0.39 is 11.4 Å². The molecule has 5 heteroatoms. The van der Waals surface area contributed by atoms with Crippen LogP contribution in [0, 0.1) is 17.3 Å². The van der Waals surface area contributed by atoms with Crippen LogP contribution in [0.4, 0.5) is 0 Å². The molecule has 0 radical (unpaired) electrons. The predicted octanol–water partition coefficient (Wildman–Crippen LogP) is 1.52. The van der Waals surface area contributed by atoms with Gasteiger partial charge < -0.3 is 15.7 Å². The monoisotopic (exact) mass is 294 g/mol. The fourth-order valence-corrected chi connectivity index (χ4v) is 4.28. The summed E-state index contributed by atoms with van der Waals surface area (Å²) in [7, 11) is 0. The van der Waals surface area contributed by atoms with Crippen molar-refractivity contribution < 1.29 is 14.7 Å². The number of hydrogen-bond donors (Lipinski definition) is 3. The molecule has 21 heavy (non-hydrogen) atoms. The molecule has 3 atom stereocenters. The van der Waals surface area contributed by atoms with Crippen LogP contribution in [0.2, 0.25) is 0 Å². The number of carbonyl (C=O) groups excluding carboxylic acids is 1. The van der Waals surface area contributed by atoms with Crippen molar-refractivity contribution in [3.8, 4) is 0 Å². The van der Waals surface area contributed by atoms with Crippen molar-refractivity contribution >= 4 is 11.9 Å². The summed E-state index contributed by atoms with van der Waals surface area (Å²) in [5.74, 6) is -0.0604. The molecule has 3 unspecified atom stereocenters. The number of carbonyl (C=O) groups is 2. The first kappa shape index (κ1) is 14.8. The lowest BCUT2D eigenvalue weighted by molar-refractivity contribution is -0.151. The molecule has 1 saturated carbocycles. The molecular formula is C16H26N2O3. The summed E-state index contributed by atoms with van der Waals surface area (Å²) in [5, 5.41) is 16.0. The standard InChI is InChI=1S/C16H26N2O3/c1-10-4-6-16(7-5-10,15(20)21)9-17-14(19)12-8-11-2-3-13(12)18-11/h10-13,18H,2-9H2,1H3,(H,17,19)(H,20,21). The van der Waals surface area contributed by atoms with Gasteiger partial charge in [0, 0.05) is 18.6 Å². The minimum Gasteiger partial charge on any atom is -0.481 e. The number of amides is 1. The Hall–Kier alpha value is -1.10. The van der Waals surface area contributed by atoms with Crippen LogP contribution < -0.4 is 10.6 Å². The number of rotatable bonds is 4. The van der Waals surface area contributed by atoms with E-state index in [-0.39, 0.29) is 11.8 Å². The normalized spacial score (nSPS) is 42.0. The third-order valence-electron chi connectivity index (χ3n) is 5.92. The number of carboxylic acids is 1. The fraction of sp³-hybridized carbons (Fsp3) is 0.875. The lowest BCUT2D eigenvalue weighted by atomic mass is 9.70. The maximum Gasteiger partial charge on any atom is 0.311 e. The van der Waals surface area contributed by atoms with Crippen LogP contribution in [0.15, 0.2) is 0 Å². The zero-order valence-electron chi connectivity index (χ0n) is 12.7. The number of fused-ring (bicyclic) bond motifs is 2. The largest absolute Gasteiger partial charge is 0.481 e. The summed E-state index contributed by atoms with van der Waals surface area (Å²) < 4.78 is 0. The molecule has 0 aromatic heterocycles. The Balaban J connectivity index is 1.57. The Kier molecular flexibility index (Phi) is 3.95. The number of nitrogens with one attached hydrogen (secondary N) is 2. The molecule has 0 spiro atoms. The lowest BCUT2D eigenvalue weighted by Gasteiger charge is -2.36. The SMILES string of the molecule is CC1CCC(CNC(=O)C2CC3CCC2N3)(C(=O)O)CC1. The average Bonchev–Trinajstić information content (AvgIpc) is 3.09. The molecule has 2 aliphatic heterocycles. The molecule has 2 heterocycles. The molecule has 5 nitrogen and oxygen atoms in total. The van der Waals surface area contributed by atoms with Gasteiger partial charge in [-0.3, -0.25) is 9.59 Å². The molecule has 1 amide bonds. The lowest BCUT2D eigenvalue weighted by Crippen LogP contribution is -2.47. The van der Waals surface area contributed by atoms with Crippen molar-refractivity contribution in [2.75, 3.05) is 6.54 Å². The molecule has 3 fully saturated rings. The smallest absolute Gasteiger partial charge is 0.311 e. The molecule has 3 aliphatic rings. The van der Waals surface area contributed by atoms with Gasteiger partial charge in [-0.15, -0.1) is 0 Å². The second kappa shape index (κ2) is 5.59. The van der Waals surface area contributed by atoms with E-state index in [0.717, 1.165) is 25.7 Å². The minimum atomic E-state index is -0.749. The highest BCUT2D eigenvalue weighted by atomic mass is 16.4. The summed E-state index contributed by atoms with van der Waals surface area (Å²) in [6, 6.07) is 0.803. The van der Waals surface area contributed by atoms with Gasteiger partial charge in [0.05, 0.1) is 11.3 Å². The minimum absolute atomic E-state index is 0.0390. The predicted molar refractivity (Wildman–Crippen MR) is 78.8 cm³/mol. The highest BCUT2D eigenvalue weighted by molar-refractivity contribution is 5.81. The van der Waals surface area contributed by atoms with Gasteiger partial charge in [-0.05, 0) is 50.9 Å². The van der Waals surface area contributed by atoms with Crippen molar-refractivity contribution in [3.05, 3.63) is 0 Å². The maximum atomic E-state index is 12.4. The zero-order chi connectivity index (χ0) is 15.0. The number of aliphatic carboxylic acids is 1. The van der Waals surface area contributed by atoms with Crippen molar-refractivity contribution in [2.24, 2.45) is 17.3 Å². The number of carboxylic acid groups (broad SMARTS) is 1. The van der Waals surface area contributed by atoms with Gasteiger partial charge in [-0.2, -0.15) is 0 Å². The molecule has 118 valence electrons. The van der Waals surface area contributed by atoms with Crippen LogP contribution in [0.3, 0.4) is 0 Å². The van der Waals surface area contributed by atoms with Gasteiger partial charge in [0.25, 0.3) is 0 Å². The van der Waals surface area contributed by atoms with Gasteiger partial charge in [0.1, 0.15) is 0 Å². The van der Waals surface area contributed by atoms with Crippen molar-refractivity contribution in [1.29, 1.82) is 0 Å². The van der Waals surface area contributed by atoms with Crippen molar-refractivity contribution in [3.63, 3.8) is 0 Å². The summed E-state index contributed by atoms with van der Waals surface area (Å²) in [6.07, 6.45) is 6.40. The third kappa shape index (κ3) is 2.80. The summed E-state index contributed by atoms with van der Waals surface area (Å²) in [4.78, 5) is 24.0. The second-order valence-corrected chi connectivity index (χ2v) is 7.38. The Morgan fingerprint density at radius 1 is 1.24 bits per heavy atom. The average molecular weight is 294 g/mol. The first-order chi connectivity index (χ1) is 10.00. The van der Waals surface area contributed by atoms with Gasteiger partial charge in [-0.25, -0.2) is 0 Å². The van der Waals surface area contributed by atoms with E-state index >= 15 is 0 Å². The van der Waals surface area contributed by atoms with Crippen LogP contribution in [0.1, 0.15) is 51.9 Å². The fourth-order valence-electron chi connectivity index (χ4n) is 4.28. The molecule has 2 bridgehead atoms. The highest BCUT2D eigenvalue weighted by Crippen LogP contribution is 2.39. The molecular weight excluding hydrogens is 268 g/mol. The van der Waals surface area contributed by atoms with Crippen LogP contribution in [0.5, 0.6) is 0 Å². The quantitative estimate of drug-likeness (QED) is 0.734. The second-order valence-electron chi connectivity index (χ2n) is 7.38. The van der Waals surface area contributed by atoms with Crippen LogP contribution in [0.25, 0.3) is 0 Å². The first-order valence-corrected chi connectivity index (χ1v) is 8.27. The molecule has 0 aromatic rings. The van der Waals surface area contributed by atoms with Gasteiger partial charge >= 0.3 is 5.97 Å².